The molecule has 0 amide bonds. The number of nitrogens with zero attached hydrogens (tertiary/aromatic N) is 1. The molecule has 14 heavy (non-hydrogen) atoms. The van der Waals surface area contributed by atoms with E-state index >= 15 is 0 Å². The zero-order chi connectivity index (χ0) is 9.80. The summed E-state index contributed by atoms with van der Waals surface area (Å²) in [6, 6.07) is 4.18. The van der Waals surface area contributed by atoms with Gasteiger partial charge >= 0.3 is 0 Å². The van der Waals surface area contributed by atoms with Crippen molar-refractivity contribution in [1.29, 1.82) is 0 Å². The molecule has 1 aliphatic rings. The van der Waals surface area contributed by atoms with Crippen molar-refractivity contribution >= 4 is 0 Å². The Morgan fingerprint density at radius 3 is 2.93 bits per heavy atom. The summed E-state index contributed by atoms with van der Waals surface area (Å²) in [6.07, 6.45) is 8.99. The van der Waals surface area contributed by atoms with Crippen molar-refractivity contribution in [1.82, 2.24) is 4.98 Å². The smallest absolute Gasteiger partial charge is 0.0299 e. The Hall–Kier alpha value is -0.890. The number of aromatic nitrogens is 1. The molecule has 0 radical (unpaired) electrons. The fraction of sp³-hybridized carbons (Fsp3) is 0.583. The first kappa shape index (κ1) is 9.66. The van der Waals surface area contributed by atoms with E-state index < -0.39 is 0 Å². The molecule has 1 aromatic rings. The van der Waals surface area contributed by atoms with Gasteiger partial charge in [0.25, 0.3) is 0 Å². The van der Waals surface area contributed by atoms with E-state index in [0.29, 0.717) is 0 Å². The second-order valence-electron chi connectivity index (χ2n) is 4.25. The first-order valence-electron chi connectivity index (χ1n) is 5.49. The molecule has 0 aliphatic heterocycles. The van der Waals surface area contributed by atoms with Crippen LogP contribution in [0.15, 0.2) is 24.5 Å². The lowest BCUT2D eigenvalue weighted by Gasteiger charge is -2.17. The van der Waals surface area contributed by atoms with Gasteiger partial charge in [-0.25, -0.2) is 0 Å². The third-order valence-corrected chi connectivity index (χ3v) is 3.34. The van der Waals surface area contributed by atoms with Gasteiger partial charge in [-0.15, -0.1) is 0 Å². The van der Waals surface area contributed by atoms with Gasteiger partial charge < -0.3 is 5.73 Å². The largest absolute Gasteiger partial charge is 0.330 e. The highest BCUT2D eigenvalue weighted by Gasteiger charge is 2.25. The van der Waals surface area contributed by atoms with Crippen LogP contribution in [0, 0.1) is 11.8 Å². The van der Waals surface area contributed by atoms with Crippen molar-refractivity contribution in [2.24, 2.45) is 17.6 Å². The molecule has 2 rings (SSSR count). The number of pyridine rings is 1. The van der Waals surface area contributed by atoms with Crippen molar-refractivity contribution < 1.29 is 0 Å². The Kier molecular flexibility index (Phi) is 3.14. The maximum Gasteiger partial charge on any atom is 0.0299 e. The van der Waals surface area contributed by atoms with E-state index in [1.54, 1.807) is 0 Å². The number of hydrogen-bond acceptors (Lipinski definition) is 2. The van der Waals surface area contributed by atoms with Crippen molar-refractivity contribution in [3.63, 3.8) is 0 Å². The highest BCUT2D eigenvalue weighted by Crippen LogP contribution is 2.33. The zero-order valence-electron chi connectivity index (χ0n) is 8.52. The average molecular weight is 190 g/mol. The average Bonchev–Trinajstić information content (AvgIpc) is 2.67. The van der Waals surface area contributed by atoms with Crippen LogP contribution < -0.4 is 5.73 Å². The fourth-order valence-corrected chi connectivity index (χ4v) is 2.51. The van der Waals surface area contributed by atoms with Crippen molar-refractivity contribution in [3.05, 3.63) is 30.1 Å². The Morgan fingerprint density at radius 2 is 2.21 bits per heavy atom. The van der Waals surface area contributed by atoms with E-state index in [4.69, 9.17) is 5.73 Å². The van der Waals surface area contributed by atoms with Crippen LogP contribution in [0.1, 0.15) is 24.8 Å². The topological polar surface area (TPSA) is 38.9 Å². The molecule has 2 atom stereocenters. The molecule has 1 saturated carbocycles. The van der Waals surface area contributed by atoms with Crippen LogP contribution in [0.25, 0.3) is 0 Å². The molecule has 1 aromatic heterocycles. The predicted molar refractivity (Wildman–Crippen MR) is 57.8 cm³/mol. The SMILES string of the molecule is NCC1CCCC1Cc1cccnc1. The Bertz CT molecular complexity index is 271. The number of rotatable bonds is 3. The standard InChI is InChI=1S/C12H18N2/c13-8-12-5-1-4-11(12)7-10-3-2-6-14-9-10/h2-3,6,9,11-12H,1,4-5,7-8,13H2. The van der Waals surface area contributed by atoms with Gasteiger partial charge in [-0.1, -0.05) is 12.5 Å². The Morgan fingerprint density at radius 1 is 1.36 bits per heavy atom. The summed E-state index contributed by atoms with van der Waals surface area (Å²) in [5.41, 5.74) is 7.12. The highest BCUT2D eigenvalue weighted by molar-refractivity contribution is 5.10. The number of hydrogen-bond donors (Lipinski definition) is 1. The summed E-state index contributed by atoms with van der Waals surface area (Å²) in [7, 11) is 0. The van der Waals surface area contributed by atoms with E-state index in [2.05, 4.69) is 11.1 Å². The monoisotopic (exact) mass is 190 g/mol. The van der Waals surface area contributed by atoms with Crippen LogP contribution in [-0.4, -0.2) is 11.5 Å². The lowest BCUT2D eigenvalue weighted by atomic mass is 9.90. The molecular weight excluding hydrogens is 172 g/mol. The van der Waals surface area contributed by atoms with Gasteiger partial charge in [-0.3, -0.25) is 4.98 Å². The molecular formula is C12H18N2. The molecule has 2 nitrogen and oxygen atoms in total. The normalized spacial score (nSPS) is 26.6. The third-order valence-electron chi connectivity index (χ3n) is 3.34. The maximum absolute atomic E-state index is 5.76. The summed E-state index contributed by atoms with van der Waals surface area (Å²) in [5, 5.41) is 0. The van der Waals surface area contributed by atoms with Crippen LogP contribution in [0.4, 0.5) is 0 Å². The Labute approximate surface area is 85.5 Å². The summed E-state index contributed by atoms with van der Waals surface area (Å²) in [6.45, 7) is 0.852. The fourth-order valence-electron chi connectivity index (χ4n) is 2.51. The minimum Gasteiger partial charge on any atom is -0.330 e. The molecule has 1 fully saturated rings. The first-order chi connectivity index (χ1) is 6.90. The molecule has 1 heterocycles. The highest BCUT2D eigenvalue weighted by atomic mass is 14.6. The van der Waals surface area contributed by atoms with Gasteiger partial charge in [-0.05, 0) is 49.3 Å². The van der Waals surface area contributed by atoms with Crippen molar-refractivity contribution in [2.75, 3.05) is 6.54 Å². The molecule has 2 N–H and O–H groups in total. The second kappa shape index (κ2) is 4.56. The molecule has 0 aromatic carbocycles. The molecule has 2 heteroatoms. The molecule has 0 bridgehead atoms. The van der Waals surface area contributed by atoms with Crippen LogP contribution in [0.3, 0.4) is 0 Å². The summed E-state index contributed by atoms with van der Waals surface area (Å²) >= 11 is 0. The lowest BCUT2D eigenvalue weighted by Crippen LogP contribution is -2.20. The van der Waals surface area contributed by atoms with Gasteiger partial charge in [-0.2, -0.15) is 0 Å². The molecule has 76 valence electrons. The van der Waals surface area contributed by atoms with E-state index in [1.165, 1.54) is 24.8 Å². The van der Waals surface area contributed by atoms with Gasteiger partial charge in [0.15, 0.2) is 0 Å². The molecule has 0 saturated heterocycles. The second-order valence-corrected chi connectivity index (χ2v) is 4.25. The van der Waals surface area contributed by atoms with E-state index in [9.17, 15) is 0 Å². The minimum absolute atomic E-state index is 0.746. The van der Waals surface area contributed by atoms with Crippen LogP contribution in [0.2, 0.25) is 0 Å². The molecule has 1 aliphatic carbocycles. The van der Waals surface area contributed by atoms with Gasteiger partial charge in [0.05, 0.1) is 0 Å². The molecule has 2 unspecified atom stereocenters. The summed E-state index contributed by atoms with van der Waals surface area (Å²) in [5.74, 6) is 1.54. The zero-order valence-corrected chi connectivity index (χ0v) is 8.52. The van der Waals surface area contributed by atoms with Crippen molar-refractivity contribution in [3.8, 4) is 0 Å². The third kappa shape index (κ3) is 2.13. The molecule has 0 spiro atoms. The van der Waals surface area contributed by atoms with E-state index in [0.717, 1.165) is 24.8 Å². The number of nitrogens with two attached hydrogens (primary N) is 1. The summed E-state index contributed by atoms with van der Waals surface area (Å²) in [4.78, 5) is 4.15. The maximum atomic E-state index is 5.76. The first-order valence-corrected chi connectivity index (χ1v) is 5.49. The van der Waals surface area contributed by atoms with E-state index in [1.807, 2.05) is 18.5 Å². The summed E-state index contributed by atoms with van der Waals surface area (Å²) < 4.78 is 0. The van der Waals surface area contributed by atoms with Crippen molar-refractivity contribution in [2.45, 2.75) is 25.7 Å². The van der Waals surface area contributed by atoms with Gasteiger partial charge in [0, 0.05) is 12.4 Å². The predicted octanol–water partition coefficient (Wildman–Crippen LogP) is 2.00. The lowest BCUT2D eigenvalue weighted by molar-refractivity contribution is 0.394. The van der Waals surface area contributed by atoms with Crippen LogP contribution in [-0.2, 0) is 6.42 Å². The van der Waals surface area contributed by atoms with E-state index in [-0.39, 0.29) is 0 Å². The van der Waals surface area contributed by atoms with Gasteiger partial charge in [0.2, 0.25) is 0 Å². The van der Waals surface area contributed by atoms with Crippen LogP contribution in [0.5, 0.6) is 0 Å². The quantitative estimate of drug-likeness (QED) is 0.791. The van der Waals surface area contributed by atoms with Gasteiger partial charge in [0.1, 0.15) is 0 Å². The van der Waals surface area contributed by atoms with Crippen LogP contribution >= 0.6 is 0 Å². The Balaban J connectivity index is 1.97. The minimum atomic E-state index is 0.746.